The zero-order valence-electron chi connectivity index (χ0n) is 20.4. The first-order valence-electron chi connectivity index (χ1n) is 12.0. The molecule has 1 aliphatic rings. The lowest BCUT2D eigenvalue weighted by atomic mass is 10.2. The molecule has 1 N–H and O–H groups in total. The van der Waals surface area contributed by atoms with E-state index in [0.29, 0.717) is 28.8 Å². The molecule has 1 aliphatic carbocycles. The Hall–Kier alpha value is -3.98. The van der Waals surface area contributed by atoms with Crippen LogP contribution in [0.3, 0.4) is 0 Å². The van der Waals surface area contributed by atoms with Gasteiger partial charge in [-0.3, -0.25) is 9.36 Å². The van der Waals surface area contributed by atoms with Crippen molar-refractivity contribution in [1.29, 1.82) is 5.26 Å². The lowest BCUT2D eigenvalue weighted by Crippen LogP contribution is -2.26. The number of nitriles is 1. The summed E-state index contributed by atoms with van der Waals surface area (Å²) in [5.41, 5.74) is 1.11. The molecule has 4 aromatic rings. The number of benzene rings is 1. The van der Waals surface area contributed by atoms with Crippen LogP contribution in [-0.4, -0.2) is 49.6 Å². The van der Waals surface area contributed by atoms with E-state index < -0.39 is 12.0 Å². The Labute approximate surface area is 210 Å². The van der Waals surface area contributed by atoms with Crippen molar-refractivity contribution in [3.05, 3.63) is 52.2 Å². The zero-order chi connectivity index (χ0) is 26.3. The maximum atomic E-state index is 13.7. The van der Waals surface area contributed by atoms with Gasteiger partial charge in [-0.1, -0.05) is 12.8 Å². The van der Waals surface area contributed by atoms with Gasteiger partial charge < -0.3 is 14.8 Å². The van der Waals surface area contributed by atoms with E-state index >= 15 is 0 Å². The highest BCUT2D eigenvalue weighted by Crippen LogP contribution is 2.33. The van der Waals surface area contributed by atoms with E-state index in [9.17, 15) is 23.2 Å². The van der Waals surface area contributed by atoms with Crippen LogP contribution in [0.15, 0.2) is 35.3 Å². The molecule has 12 heteroatoms. The number of pyridine rings is 1. The van der Waals surface area contributed by atoms with Crippen LogP contribution in [0.2, 0.25) is 0 Å². The van der Waals surface area contributed by atoms with Gasteiger partial charge in [-0.25, -0.2) is 9.97 Å². The third kappa shape index (κ3) is 4.74. The van der Waals surface area contributed by atoms with Crippen LogP contribution in [0.25, 0.3) is 22.1 Å². The van der Waals surface area contributed by atoms with Crippen LogP contribution in [0, 0.1) is 11.3 Å². The van der Waals surface area contributed by atoms with Crippen molar-refractivity contribution in [2.75, 3.05) is 26.0 Å². The van der Waals surface area contributed by atoms with Crippen LogP contribution < -0.4 is 10.9 Å². The monoisotopic (exact) mass is 510 g/mol. The summed E-state index contributed by atoms with van der Waals surface area (Å²) in [5.74, 6) is -0.761. The third-order valence-corrected chi connectivity index (χ3v) is 6.61. The van der Waals surface area contributed by atoms with Gasteiger partial charge in [0.05, 0.1) is 11.0 Å². The maximum Gasteiger partial charge on any atom is 0.449 e. The number of aromatic nitrogens is 5. The molecule has 0 bridgehead atoms. The van der Waals surface area contributed by atoms with Gasteiger partial charge >= 0.3 is 6.18 Å². The van der Waals surface area contributed by atoms with Gasteiger partial charge in [0.15, 0.2) is 0 Å². The fourth-order valence-corrected chi connectivity index (χ4v) is 4.84. The Morgan fingerprint density at radius 1 is 1.19 bits per heavy atom. The van der Waals surface area contributed by atoms with E-state index in [0.717, 1.165) is 25.7 Å². The van der Waals surface area contributed by atoms with Crippen molar-refractivity contribution in [3.8, 4) is 6.07 Å². The summed E-state index contributed by atoms with van der Waals surface area (Å²) in [7, 11) is 3.59. The summed E-state index contributed by atoms with van der Waals surface area (Å²) in [5, 5.41) is 13.0. The SMILES string of the molecule is CN(C)CCn1c(C(F)(F)F)nc2cc(Nc3ncc4cc(C#N)c(=O)n(C5CCCC5)c4n3)ccc21. The molecule has 3 heterocycles. The minimum Gasteiger partial charge on any atom is -0.324 e. The smallest absolute Gasteiger partial charge is 0.324 e. The summed E-state index contributed by atoms with van der Waals surface area (Å²) in [4.78, 5) is 27.5. The predicted molar refractivity (Wildman–Crippen MR) is 133 cm³/mol. The van der Waals surface area contributed by atoms with Gasteiger partial charge in [-0.15, -0.1) is 0 Å². The zero-order valence-corrected chi connectivity index (χ0v) is 20.4. The van der Waals surface area contributed by atoms with Crippen LogP contribution in [-0.2, 0) is 12.7 Å². The first-order chi connectivity index (χ1) is 17.7. The maximum absolute atomic E-state index is 13.7. The number of anilines is 2. The minimum atomic E-state index is -4.59. The summed E-state index contributed by atoms with van der Waals surface area (Å²) >= 11 is 0. The molecule has 1 fully saturated rings. The van der Waals surface area contributed by atoms with Gasteiger partial charge in [0.25, 0.3) is 5.56 Å². The van der Waals surface area contributed by atoms with Crippen molar-refractivity contribution >= 4 is 33.7 Å². The highest BCUT2D eigenvalue weighted by Gasteiger charge is 2.37. The van der Waals surface area contributed by atoms with Crippen molar-refractivity contribution in [2.24, 2.45) is 0 Å². The Morgan fingerprint density at radius 3 is 2.62 bits per heavy atom. The normalized spacial score (nSPS) is 14.6. The van der Waals surface area contributed by atoms with Crippen molar-refractivity contribution in [2.45, 2.75) is 44.4 Å². The molecule has 0 unspecified atom stereocenters. The van der Waals surface area contributed by atoms with Gasteiger partial charge in [-0.2, -0.15) is 23.4 Å². The second-order valence-corrected chi connectivity index (χ2v) is 9.47. The summed E-state index contributed by atoms with van der Waals surface area (Å²) < 4.78 is 43.8. The molecule has 0 aliphatic heterocycles. The highest BCUT2D eigenvalue weighted by atomic mass is 19.4. The number of imidazole rings is 1. The lowest BCUT2D eigenvalue weighted by Gasteiger charge is -2.17. The first-order valence-corrected chi connectivity index (χ1v) is 12.0. The summed E-state index contributed by atoms with van der Waals surface area (Å²) in [6, 6.07) is 8.15. The quantitative estimate of drug-likeness (QED) is 0.409. The van der Waals surface area contributed by atoms with Crippen LogP contribution in [0.5, 0.6) is 0 Å². The largest absolute Gasteiger partial charge is 0.449 e. The van der Waals surface area contributed by atoms with E-state index in [4.69, 9.17) is 0 Å². The standard InChI is InChI=1S/C25H25F3N8O/c1-34(2)9-10-35-20-8-7-17(12-19(20)32-23(35)25(26,27)28)31-24-30-14-16-11-15(13-29)22(37)36(21(16)33-24)18-5-3-4-6-18/h7-8,11-12,14,18H,3-6,9-10H2,1-2H3,(H,30,31,33). The molecule has 1 saturated carbocycles. The van der Waals surface area contributed by atoms with Crippen molar-refractivity contribution in [3.63, 3.8) is 0 Å². The third-order valence-electron chi connectivity index (χ3n) is 6.61. The second-order valence-electron chi connectivity index (χ2n) is 9.47. The Morgan fingerprint density at radius 2 is 1.95 bits per heavy atom. The van der Waals surface area contributed by atoms with E-state index in [2.05, 4.69) is 20.3 Å². The average molecular weight is 511 g/mol. The molecular weight excluding hydrogens is 485 g/mol. The molecule has 0 saturated heterocycles. The molecule has 5 rings (SSSR count). The number of nitrogens with zero attached hydrogens (tertiary/aromatic N) is 7. The molecular formula is C25H25F3N8O. The van der Waals surface area contributed by atoms with E-state index in [1.807, 2.05) is 11.0 Å². The average Bonchev–Trinajstić information content (AvgIpc) is 3.50. The Balaban J connectivity index is 1.54. The second kappa shape index (κ2) is 9.48. The Kier molecular flexibility index (Phi) is 6.33. The van der Waals surface area contributed by atoms with Gasteiger partial charge in [0.1, 0.15) is 17.3 Å². The molecule has 37 heavy (non-hydrogen) atoms. The Bertz CT molecular complexity index is 1580. The molecule has 0 radical (unpaired) electrons. The van der Waals surface area contributed by atoms with Gasteiger partial charge in [-0.05, 0) is 51.2 Å². The first kappa shape index (κ1) is 24.7. The minimum absolute atomic E-state index is 0.0412. The molecule has 0 amide bonds. The summed E-state index contributed by atoms with van der Waals surface area (Å²) in [6.07, 6.45) is 0.579. The number of rotatable bonds is 6. The van der Waals surface area contributed by atoms with E-state index in [1.54, 1.807) is 30.8 Å². The van der Waals surface area contributed by atoms with Crippen LogP contribution in [0.1, 0.15) is 43.1 Å². The molecule has 1 aromatic carbocycles. The van der Waals surface area contributed by atoms with E-state index in [1.165, 1.54) is 22.9 Å². The van der Waals surface area contributed by atoms with Crippen LogP contribution >= 0.6 is 0 Å². The van der Waals surface area contributed by atoms with Gasteiger partial charge in [0.2, 0.25) is 11.8 Å². The number of halogens is 3. The fraction of sp³-hybridized carbons (Fsp3) is 0.400. The highest BCUT2D eigenvalue weighted by molar-refractivity contribution is 5.82. The van der Waals surface area contributed by atoms with Crippen molar-refractivity contribution < 1.29 is 13.2 Å². The molecule has 0 atom stereocenters. The van der Waals surface area contributed by atoms with E-state index in [-0.39, 0.29) is 35.2 Å². The van der Waals surface area contributed by atoms with Crippen molar-refractivity contribution in [1.82, 2.24) is 29.0 Å². The molecule has 3 aromatic heterocycles. The molecule has 0 spiro atoms. The fourth-order valence-electron chi connectivity index (χ4n) is 4.84. The number of likely N-dealkylation sites (N-methyl/N-ethyl adjacent to an activating group) is 1. The molecule has 192 valence electrons. The number of hydrogen-bond acceptors (Lipinski definition) is 7. The number of alkyl halides is 3. The predicted octanol–water partition coefficient (Wildman–Crippen LogP) is 4.45. The summed E-state index contributed by atoms with van der Waals surface area (Å²) in [6.45, 7) is 0.567. The van der Waals surface area contributed by atoms with Gasteiger partial charge in [0, 0.05) is 36.4 Å². The molecule has 9 nitrogen and oxygen atoms in total. The number of fused-ring (bicyclic) bond motifs is 2. The number of hydrogen-bond donors (Lipinski definition) is 1. The number of nitrogens with one attached hydrogen (secondary N) is 1. The topological polar surface area (TPSA) is 105 Å². The lowest BCUT2D eigenvalue weighted by molar-refractivity contribution is -0.147. The van der Waals surface area contributed by atoms with Crippen LogP contribution in [0.4, 0.5) is 24.8 Å².